The molecule has 0 aromatic carbocycles. The molecule has 98 valence electrons. The van der Waals surface area contributed by atoms with Crippen LogP contribution in [0.2, 0.25) is 0 Å². The van der Waals surface area contributed by atoms with Crippen LogP contribution in [-0.4, -0.2) is 18.8 Å². The fourth-order valence-electron chi connectivity index (χ4n) is 0.894. The number of hydrogen-bond donors (Lipinski definition) is 2. The summed E-state index contributed by atoms with van der Waals surface area (Å²) in [6, 6.07) is 0. The molecular weight excluding hydrogens is 270 g/mol. The molecular formula is C6H8F6N4Si. The van der Waals surface area contributed by atoms with E-state index in [1.54, 1.807) is 0 Å². The van der Waals surface area contributed by atoms with E-state index in [1.165, 1.54) is 0 Å². The summed E-state index contributed by atoms with van der Waals surface area (Å²) in [5.74, 6) is 0. The minimum atomic E-state index is -10.8. The Bertz CT molecular complexity index is 414. The van der Waals surface area contributed by atoms with Gasteiger partial charge in [-0.1, -0.05) is 0 Å². The zero-order valence-electron chi connectivity index (χ0n) is 8.08. The Hall–Kier alpha value is -1.78. The summed E-state index contributed by atoms with van der Waals surface area (Å²) < 4.78 is 59.3. The molecule has 0 amide bonds. The van der Waals surface area contributed by atoms with Crippen molar-refractivity contribution in [2.24, 2.45) is 0 Å². The molecule has 0 fully saturated rings. The smallest absolute Gasteiger partial charge is 0.174 e. The number of halogens is 6. The van der Waals surface area contributed by atoms with E-state index >= 15 is 0 Å². The molecule has 0 bridgehead atoms. The summed E-state index contributed by atoms with van der Waals surface area (Å²) in [7, 11) is -10.8. The first-order valence-electron chi connectivity index (χ1n) is 4.19. The van der Waals surface area contributed by atoms with Gasteiger partial charge in [0.05, 0.1) is 23.5 Å². The maximum atomic E-state index is 9.88. The second-order valence-electron chi connectivity index (χ2n) is 3.14. The van der Waals surface area contributed by atoms with Gasteiger partial charge >= 0.3 is 33.3 Å². The van der Waals surface area contributed by atoms with Gasteiger partial charge in [0.15, 0.2) is 0 Å². The number of aromatic nitrogens is 4. The van der Waals surface area contributed by atoms with Crippen molar-refractivity contribution in [1.29, 1.82) is 0 Å². The van der Waals surface area contributed by atoms with E-state index in [2.05, 4.69) is 20.4 Å². The Labute approximate surface area is 90.5 Å². The summed E-state index contributed by atoms with van der Waals surface area (Å²) in [6.07, 6.45) is 7.60. The van der Waals surface area contributed by atoms with E-state index in [-0.39, 0.29) is 0 Å². The van der Waals surface area contributed by atoms with Crippen molar-refractivity contribution in [3.05, 3.63) is 24.8 Å². The van der Waals surface area contributed by atoms with Gasteiger partial charge in [0.1, 0.15) is 0 Å². The summed E-state index contributed by atoms with van der Waals surface area (Å²) in [4.78, 5) is 0. The van der Waals surface area contributed by atoms with Gasteiger partial charge < -0.3 is 0 Å². The molecule has 0 unspecified atom stereocenters. The fraction of sp³-hybridized carbons (Fsp3) is 0. The van der Waals surface area contributed by atoms with Crippen molar-refractivity contribution < 1.29 is 34.8 Å². The molecule has 17 heavy (non-hydrogen) atoms. The molecule has 0 aliphatic rings. The fourth-order valence-corrected chi connectivity index (χ4v) is 0.894. The summed E-state index contributed by atoms with van der Waals surface area (Å²) in [5.41, 5.74) is 2.27. The minimum Gasteiger partial charge on any atom is -0.174 e. The van der Waals surface area contributed by atoms with Crippen molar-refractivity contribution in [2.45, 2.75) is 0 Å². The Balaban J connectivity index is 0.000000185. The quantitative estimate of drug-likeness (QED) is 0.454. The van der Waals surface area contributed by atoms with Crippen LogP contribution in [0.1, 0.15) is 0 Å². The Morgan fingerprint density at radius 3 is 1.24 bits per heavy atom. The van der Waals surface area contributed by atoms with Gasteiger partial charge in [-0.25, -0.2) is 0 Å². The normalized spacial score (nSPS) is 15.4. The number of H-pyrrole nitrogens is 4. The maximum Gasteiger partial charge on any atom is 0.200 e. The number of hydrogen-bond acceptors (Lipinski definition) is 0. The molecule has 0 radical (unpaired) electrons. The monoisotopic (exact) mass is 278 g/mol. The summed E-state index contributed by atoms with van der Waals surface area (Å²) >= 11 is 0. The molecule has 0 aliphatic heterocycles. The van der Waals surface area contributed by atoms with Crippen LogP contribution in [0.4, 0.5) is 24.6 Å². The largest absolute Gasteiger partial charge is 0.200 e. The first-order valence-corrected chi connectivity index (χ1v) is 6.46. The van der Waals surface area contributed by atoms with E-state index < -0.39 is 8.63 Å². The number of nitrogens with one attached hydrogen (secondary N) is 4. The zero-order chi connectivity index (χ0) is 13.2. The van der Waals surface area contributed by atoms with Crippen molar-refractivity contribution >= 4 is 8.63 Å². The SMILES string of the molecule is F[Si-2](F)(F)(F)(F)F.c1[nH][nH+]cc1-c1c[nH][nH+]c1. The van der Waals surface area contributed by atoms with Gasteiger partial charge in [-0.3, -0.25) is 0 Å². The van der Waals surface area contributed by atoms with Crippen LogP contribution in [0, 0.1) is 0 Å². The molecule has 2 aromatic rings. The standard InChI is InChI=1S/C6H6N4.F6Si/c1-5(2-8-7-1)6-3-9-10-4-6;1-7(2,3,4,5)6/h1-4H,(H,7,8)(H,9,10);/q;-2/p+2. The van der Waals surface area contributed by atoms with Crippen LogP contribution in [0.15, 0.2) is 24.8 Å². The third-order valence-corrected chi connectivity index (χ3v) is 1.41. The average molecular weight is 278 g/mol. The second-order valence-corrected chi connectivity index (χ2v) is 5.28. The van der Waals surface area contributed by atoms with E-state index in [4.69, 9.17) is 0 Å². The van der Waals surface area contributed by atoms with E-state index in [1.807, 2.05) is 24.8 Å². The summed E-state index contributed by atoms with van der Waals surface area (Å²) in [5, 5.41) is 11.5. The maximum absolute atomic E-state index is 10.8. The predicted molar refractivity (Wildman–Crippen MR) is 46.1 cm³/mol. The van der Waals surface area contributed by atoms with Gasteiger partial charge in [0.2, 0.25) is 12.4 Å². The van der Waals surface area contributed by atoms with E-state index in [9.17, 15) is 24.6 Å². The predicted octanol–water partition coefficient (Wildman–Crippen LogP) is 1.78. The van der Waals surface area contributed by atoms with Crippen molar-refractivity contribution in [3.63, 3.8) is 0 Å². The average Bonchev–Trinajstić information content (AvgIpc) is 2.70. The molecule has 0 aliphatic carbocycles. The van der Waals surface area contributed by atoms with Crippen LogP contribution in [-0.2, 0) is 0 Å². The molecule has 4 N–H and O–H groups in total. The van der Waals surface area contributed by atoms with Gasteiger partial charge in [-0.15, -0.1) is 10.2 Å². The topological polar surface area (TPSA) is 59.9 Å². The van der Waals surface area contributed by atoms with E-state index in [0.29, 0.717) is 0 Å². The van der Waals surface area contributed by atoms with Crippen LogP contribution in [0.5, 0.6) is 0 Å². The van der Waals surface area contributed by atoms with Crippen molar-refractivity contribution in [1.82, 2.24) is 10.2 Å². The molecule has 0 atom stereocenters. The second kappa shape index (κ2) is 3.35. The molecule has 0 saturated heterocycles. The van der Waals surface area contributed by atoms with Gasteiger partial charge in [0, 0.05) is 0 Å². The first kappa shape index (κ1) is 13.3. The molecule has 0 saturated carbocycles. The third-order valence-electron chi connectivity index (χ3n) is 1.41. The van der Waals surface area contributed by atoms with Gasteiger partial charge in [-0.2, -0.15) is 10.2 Å². The Kier molecular flexibility index (Phi) is 2.62. The number of aromatic amines is 4. The molecule has 2 heterocycles. The molecule has 2 aromatic heterocycles. The zero-order valence-corrected chi connectivity index (χ0v) is 9.08. The number of rotatable bonds is 1. The van der Waals surface area contributed by atoms with Crippen LogP contribution < -0.4 is 10.2 Å². The van der Waals surface area contributed by atoms with Crippen LogP contribution in [0.25, 0.3) is 11.1 Å². The van der Waals surface area contributed by atoms with Gasteiger partial charge in [0.25, 0.3) is 0 Å². The van der Waals surface area contributed by atoms with Gasteiger partial charge in [-0.05, 0) is 0 Å². The third kappa shape index (κ3) is 8.07. The molecule has 0 spiro atoms. The molecule has 2 rings (SSSR count). The first-order chi connectivity index (χ1) is 7.42. The minimum absolute atomic E-state index is 1.14. The van der Waals surface area contributed by atoms with Crippen LogP contribution >= 0.6 is 0 Å². The summed E-state index contributed by atoms with van der Waals surface area (Å²) in [6.45, 7) is 0. The Morgan fingerprint density at radius 1 is 0.765 bits per heavy atom. The van der Waals surface area contributed by atoms with Crippen molar-refractivity contribution in [2.75, 3.05) is 0 Å². The molecule has 4 nitrogen and oxygen atoms in total. The molecule has 11 heteroatoms. The Morgan fingerprint density at radius 2 is 1.06 bits per heavy atom. The van der Waals surface area contributed by atoms with Crippen LogP contribution in [0.3, 0.4) is 0 Å². The van der Waals surface area contributed by atoms with E-state index in [0.717, 1.165) is 11.1 Å². The van der Waals surface area contributed by atoms with Crippen molar-refractivity contribution in [3.8, 4) is 11.1 Å².